The zero-order chi connectivity index (χ0) is 22.8. The molecule has 1 saturated carbocycles. The van der Waals surface area contributed by atoms with Crippen LogP contribution >= 0.6 is 11.8 Å². The summed E-state index contributed by atoms with van der Waals surface area (Å²) in [5.41, 5.74) is 1.30. The summed E-state index contributed by atoms with van der Waals surface area (Å²) < 4.78 is 0. The second kappa shape index (κ2) is 12.2. The molecule has 1 aliphatic carbocycles. The summed E-state index contributed by atoms with van der Waals surface area (Å²) in [6, 6.07) is 13.6. The first-order valence-corrected chi connectivity index (χ1v) is 12.0. The summed E-state index contributed by atoms with van der Waals surface area (Å²) >= 11 is 1.36. The van der Waals surface area contributed by atoms with Gasteiger partial charge in [-0.25, -0.2) is 0 Å². The molecule has 0 spiro atoms. The minimum absolute atomic E-state index is 0.00154. The van der Waals surface area contributed by atoms with E-state index in [-0.39, 0.29) is 35.8 Å². The molecule has 0 aliphatic heterocycles. The zero-order valence-electron chi connectivity index (χ0n) is 18.0. The number of nitro benzene ring substituents is 1. The first-order chi connectivity index (χ1) is 15.5. The second-order valence-corrected chi connectivity index (χ2v) is 9.02. The Morgan fingerprint density at radius 1 is 0.969 bits per heavy atom. The molecule has 0 aromatic heterocycles. The number of non-ortho nitro benzene ring substituents is 1. The number of thioether (sulfide) groups is 1. The normalized spacial score (nSPS) is 14.8. The molecule has 1 aliphatic rings. The summed E-state index contributed by atoms with van der Waals surface area (Å²) in [4.78, 5) is 36.2. The number of rotatable bonds is 8. The van der Waals surface area contributed by atoms with E-state index in [2.05, 4.69) is 10.6 Å². The highest BCUT2D eigenvalue weighted by atomic mass is 32.2. The Kier molecular flexibility index (Phi) is 9.10. The number of amides is 2. The lowest BCUT2D eigenvalue weighted by Crippen LogP contribution is -2.36. The third kappa shape index (κ3) is 7.37. The van der Waals surface area contributed by atoms with Crippen LogP contribution in [-0.4, -0.2) is 28.5 Å². The predicted molar refractivity (Wildman–Crippen MR) is 126 cm³/mol. The molecule has 2 aromatic rings. The molecule has 2 aromatic carbocycles. The molecule has 1 fully saturated rings. The predicted octanol–water partition coefficient (Wildman–Crippen LogP) is 4.85. The minimum Gasteiger partial charge on any atom is -0.353 e. The van der Waals surface area contributed by atoms with Crippen LogP contribution in [0.5, 0.6) is 0 Å². The molecular formula is C24H29N3O4S. The van der Waals surface area contributed by atoms with Gasteiger partial charge in [0.25, 0.3) is 11.6 Å². The van der Waals surface area contributed by atoms with Crippen molar-refractivity contribution in [2.24, 2.45) is 0 Å². The molecule has 2 N–H and O–H groups in total. The Balaban J connectivity index is 1.52. The molecule has 3 rings (SSSR count). The number of hydrogen-bond donors (Lipinski definition) is 2. The van der Waals surface area contributed by atoms with E-state index in [0.717, 1.165) is 36.1 Å². The average molecular weight is 456 g/mol. The van der Waals surface area contributed by atoms with Crippen molar-refractivity contribution in [1.29, 1.82) is 0 Å². The Labute approximate surface area is 192 Å². The Hall–Kier alpha value is -2.87. The lowest BCUT2D eigenvalue weighted by molar-refractivity contribution is -0.384. The van der Waals surface area contributed by atoms with Crippen molar-refractivity contribution in [3.8, 4) is 0 Å². The lowest BCUT2D eigenvalue weighted by atomic mass is 9.97. The van der Waals surface area contributed by atoms with Gasteiger partial charge in [0, 0.05) is 29.6 Å². The van der Waals surface area contributed by atoms with E-state index < -0.39 is 4.92 Å². The van der Waals surface area contributed by atoms with Gasteiger partial charge in [-0.1, -0.05) is 56.4 Å². The first-order valence-electron chi connectivity index (χ1n) is 11.1. The Morgan fingerprint density at radius 2 is 1.62 bits per heavy atom. The van der Waals surface area contributed by atoms with Crippen LogP contribution in [0.2, 0.25) is 0 Å². The number of carbonyl (C=O) groups excluding carboxylic acids is 2. The molecule has 0 atom stereocenters. The molecule has 0 bridgehead atoms. The minimum atomic E-state index is -0.455. The summed E-state index contributed by atoms with van der Waals surface area (Å²) in [6.07, 6.45) is 8.17. The largest absolute Gasteiger partial charge is 0.353 e. The fourth-order valence-electron chi connectivity index (χ4n) is 3.81. The van der Waals surface area contributed by atoms with Crippen LogP contribution in [0.25, 0.3) is 0 Å². The van der Waals surface area contributed by atoms with Gasteiger partial charge in [0.15, 0.2) is 0 Å². The van der Waals surface area contributed by atoms with Crippen LogP contribution in [0.1, 0.15) is 60.9 Å². The van der Waals surface area contributed by atoms with Gasteiger partial charge in [0.05, 0.1) is 16.2 Å². The monoisotopic (exact) mass is 455 g/mol. The highest BCUT2D eigenvalue weighted by Gasteiger charge is 2.16. The molecule has 0 unspecified atom stereocenters. The summed E-state index contributed by atoms with van der Waals surface area (Å²) in [5, 5.41) is 16.8. The average Bonchev–Trinajstić information content (AvgIpc) is 2.78. The van der Waals surface area contributed by atoms with Gasteiger partial charge in [0.2, 0.25) is 5.91 Å². The number of benzene rings is 2. The number of nitrogens with one attached hydrogen (secondary N) is 2. The van der Waals surface area contributed by atoms with Crippen LogP contribution in [-0.2, 0) is 11.3 Å². The van der Waals surface area contributed by atoms with E-state index in [1.807, 2.05) is 12.1 Å². The van der Waals surface area contributed by atoms with Crippen LogP contribution in [0, 0.1) is 10.1 Å². The molecule has 0 saturated heterocycles. The highest BCUT2D eigenvalue weighted by Crippen LogP contribution is 2.23. The molecule has 0 heterocycles. The van der Waals surface area contributed by atoms with E-state index in [1.54, 1.807) is 24.3 Å². The number of hydrogen-bond acceptors (Lipinski definition) is 5. The number of nitro groups is 1. The molecule has 7 nitrogen and oxygen atoms in total. The zero-order valence-corrected chi connectivity index (χ0v) is 18.9. The molecule has 8 heteroatoms. The lowest BCUT2D eigenvalue weighted by Gasteiger charge is -2.21. The summed E-state index contributed by atoms with van der Waals surface area (Å²) in [6.45, 7) is 0.262. The quantitative estimate of drug-likeness (QED) is 0.337. The van der Waals surface area contributed by atoms with Gasteiger partial charge in [-0.15, -0.1) is 11.8 Å². The van der Waals surface area contributed by atoms with Crippen molar-refractivity contribution in [3.05, 3.63) is 69.8 Å². The van der Waals surface area contributed by atoms with E-state index in [1.165, 1.54) is 43.2 Å². The van der Waals surface area contributed by atoms with Gasteiger partial charge in [0.1, 0.15) is 0 Å². The maximum absolute atomic E-state index is 12.7. The van der Waals surface area contributed by atoms with Crippen LogP contribution in [0.4, 0.5) is 5.69 Å². The maximum atomic E-state index is 12.7. The topological polar surface area (TPSA) is 101 Å². The Morgan fingerprint density at radius 3 is 2.31 bits per heavy atom. The van der Waals surface area contributed by atoms with Gasteiger partial charge >= 0.3 is 0 Å². The fraction of sp³-hybridized carbons (Fsp3) is 0.417. The van der Waals surface area contributed by atoms with E-state index in [4.69, 9.17) is 0 Å². The standard InChI is InChI=1S/C24H29N3O4S/c28-23(26-19-8-4-2-1-3-5-9-19)17-32-22-11-7-6-10-21(22)24(29)25-16-18-12-14-20(15-13-18)27(30)31/h6-7,10-15,19H,1-5,8-9,16-17H2,(H,25,29)(H,26,28). The van der Waals surface area contributed by atoms with Crippen LogP contribution in [0.3, 0.4) is 0 Å². The van der Waals surface area contributed by atoms with Crippen LogP contribution < -0.4 is 10.6 Å². The molecule has 32 heavy (non-hydrogen) atoms. The molecular weight excluding hydrogens is 426 g/mol. The first kappa shape index (κ1) is 23.8. The second-order valence-electron chi connectivity index (χ2n) is 8.00. The van der Waals surface area contributed by atoms with Gasteiger partial charge in [-0.2, -0.15) is 0 Å². The van der Waals surface area contributed by atoms with Crippen molar-refractivity contribution in [3.63, 3.8) is 0 Å². The van der Waals surface area contributed by atoms with Gasteiger partial charge in [-0.3, -0.25) is 19.7 Å². The third-order valence-electron chi connectivity index (χ3n) is 5.56. The molecule has 170 valence electrons. The SMILES string of the molecule is O=C(CSc1ccccc1C(=O)NCc1ccc([N+](=O)[O-])cc1)NC1CCCCCCC1. The van der Waals surface area contributed by atoms with Gasteiger partial charge in [-0.05, 0) is 30.5 Å². The smallest absolute Gasteiger partial charge is 0.269 e. The Bertz CT molecular complexity index is 925. The number of carbonyl (C=O) groups is 2. The summed E-state index contributed by atoms with van der Waals surface area (Å²) in [7, 11) is 0. The van der Waals surface area contributed by atoms with Gasteiger partial charge < -0.3 is 10.6 Å². The van der Waals surface area contributed by atoms with E-state index in [0.29, 0.717) is 5.56 Å². The molecule has 2 amide bonds. The van der Waals surface area contributed by atoms with E-state index >= 15 is 0 Å². The van der Waals surface area contributed by atoms with Crippen molar-refractivity contribution in [2.75, 3.05) is 5.75 Å². The fourth-order valence-corrected chi connectivity index (χ4v) is 4.67. The van der Waals surface area contributed by atoms with Crippen molar-refractivity contribution >= 4 is 29.3 Å². The maximum Gasteiger partial charge on any atom is 0.269 e. The van der Waals surface area contributed by atoms with Crippen molar-refractivity contribution in [2.45, 2.75) is 62.4 Å². The van der Waals surface area contributed by atoms with E-state index in [9.17, 15) is 19.7 Å². The van der Waals surface area contributed by atoms with Crippen molar-refractivity contribution < 1.29 is 14.5 Å². The highest BCUT2D eigenvalue weighted by molar-refractivity contribution is 8.00. The van der Waals surface area contributed by atoms with Crippen molar-refractivity contribution in [1.82, 2.24) is 10.6 Å². The number of nitrogens with zero attached hydrogens (tertiary/aromatic N) is 1. The third-order valence-corrected chi connectivity index (χ3v) is 6.63. The summed E-state index contributed by atoms with van der Waals surface area (Å²) in [5.74, 6) is 0.0249. The molecule has 0 radical (unpaired) electrons. The van der Waals surface area contributed by atoms with Crippen LogP contribution in [0.15, 0.2) is 53.4 Å².